The molecule has 0 bridgehead atoms. The van der Waals surface area contributed by atoms with E-state index in [1.165, 1.54) is 77.3 Å². The van der Waals surface area contributed by atoms with Crippen molar-refractivity contribution in [3.63, 3.8) is 0 Å². The first kappa shape index (κ1) is 27.7. The molecule has 4 atom stereocenters. The molecule has 3 N–H and O–H groups in total. The predicted octanol–water partition coefficient (Wildman–Crippen LogP) is 8.58. The van der Waals surface area contributed by atoms with Crippen LogP contribution in [0, 0.1) is 0 Å². The number of hydrogen-bond donors (Lipinski definition) is 3. The third kappa shape index (κ3) is 4.30. The average Bonchev–Trinajstić information content (AvgIpc) is 3.62. The van der Waals surface area contributed by atoms with Gasteiger partial charge in [0.2, 0.25) is 0 Å². The molecule has 230 valence electrons. The molecule has 46 heavy (non-hydrogen) atoms. The van der Waals surface area contributed by atoms with Crippen LogP contribution in [0.4, 0.5) is 11.4 Å². The van der Waals surface area contributed by atoms with E-state index < -0.39 is 0 Å². The molecule has 0 saturated heterocycles. The van der Waals surface area contributed by atoms with Crippen LogP contribution in [-0.2, 0) is 0 Å². The third-order valence-electron chi connectivity index (χ3n) is 10.9. The van der Waals surface area contributed by atoms with Gasteiger partial charge in [0.15, 0.2) is 6.17 Å². The number of fused-ring (bicyclic) bond motifs is 2. The van der Waals surface area contributed by atoms with Gasteiger partial charge in [-0.2, -0.15) is 0 Å². The number of nitrogens with zero attached hydrogens (tertiary/aromatic N) is 1. The lowest BCUT2D eigenvalue weighted by atomic mass is 9.76. The van der Waals surface area contributed by atoms with Gasteiger partial charge in [-0.25, -0.2) is 0 Å². The Morgan fingerprint density at radius 2 is 1.61 bits per heavy atom. The van der Waals surface area contributed by atoms with Gasteiger partial charge in [0.1, 0.15) is 17.6 Å². The highest BCUT2D eigenvalue weighted by atomic mass is 15.3. The topological polar surface area (TPSA) is 31.7 Å². The zero-order valence-corrected chi connectivity index (χ0v) is 26.9. The predicted molar refractivity (Wildman–Crippen MR) is 192 cm³/mol. The molecular weight excluding hydrogens is 560 g/mol. The van der Waals surface area contributed by atoms with Crippen LogP contribution in [0.5, 0.6) is 0 Å². The Hall–Kier alpha value is -4.54. The monoisotopic (exact) mass is 603 g/mol. The van der Waals surface area contributed by atoms with Crippen LogP contribution in [-0.4, -0.2) is 12.3 Å². The number of anilines is 1. The minimum Gasteiger partial charge on any atom is -0.367 e. The smallest absolute Gasteiger partial charge is 0.167 e. The van der Waals surface area contributed by atoms with Gasteiger partial charge in [0.05, 0.1) is 17.1 Å². The summed E-state index contributed by atoms with van der Waals surface area (Å²) >= 11 is 0. The van der Waals surface area contributed by atoms with Gasteiger partial charge >= 0.3 is 0 Å². The number of rotatable bonds is 4. The molecule has 4 heteroatoms. The maximum absolute atomic E-state index is 3.82. The molecule has 3 aromatic carbocycles. The lowest BCUT2D eigenvalue weighted by Gasteiger charge is -2.31. The van der Waals surface area contributed by atoms with Gasteiger partial charge in [-0.1, -0.05) is 72.9 Å². The molecule has 4 aliphatic carbocycles. The third-order valence-corrected chi connectivity index (χ3v) is 10.9. The summed E-state index contributed by atoms with van der Waals surface area (Å²) < 4.78 is 0. The molecule has 2 aliphatic heterocycles. The second kappa shape index (κ2) is 11.1. The van der Waals surface area contributed by atoms with Gasteiger partial charge < -0.3 is 15.5 Å². The first-order valence-electron chi connectivity index (χ1n) is 17.4. The minimum absolute atomic E-state index is 0.202. The van der Waals surface area contributed by atoms with E-state index >= 15 is 0 Å². The molecule has 0 aromatic heterocycles. The van der Waals surface area contributed by atoms with Crippen LogP contribution >= 0.6 is 0 Å². The van der Waals surface area contributed by atoms with Crippen molar-refractivity contribution in [3.05, 3.63) is 143 Å². The Labute approximate surface area is 272 Å². The van der Waals surface area contributed by atoms with Crippen molar-refractivity contribution in [1.29, 1.82) is 0 Å². The maximum Gasteiger partial charge on any atom is 0.167 e. The van der Waals surface area contributed by atoms with Crippen LogP contribution in [0.1, 0.15) is 70.3 Å². The average molecular weight is 604 g/mol. The van der Waals surface area contributed by atoms with Crippen molar-refractivity contribution >= 4 is 32.9 Å². The molecule has 6 aliphatic rings. The molecule has 0 spiro atoms. The number of benzene rings is 3. The van der Waals surface area contributed by atoms with E-state index in [2.05, 4.69) is 133 Å². The van der Waals surface area contributed by atoms with Crippen molar-refractivity contribution in [2.24, 2.45) is 0 Å². The normalized spacial score (nSPS) is 26.8. The summed E-state index contributed by atoms with van der Waals surface area (Å²) in [6.45, 7) is 4.64. The van der Waals surface area contributed by atoms with Crippen molar-refractivity contribution in [3.8, 4) is 0 Å². The zero-order chi connectivity index (χ0) is 30.8. The van der Waals surface area contributed by atoms with Crippen LogP contribution in [0.3, 0.4) is 0 Å². The molecule has 0 saturated carbocycles. The molecule has 4 nitrogen and oxygen atoms in total. The van der Waals surface area contributed by atoms with E-state index in [0.717, 1.165) is 44.9 Å². The Morgan fingerprint density at radius 3 is 2.50 bits per heavy atom. The number of allylic oxidation sites excluding steroid dienone is 14. The molecular formula is C42H43N4+. The van der Waals surface area contributed by atoms with Crippen LogP contribution in [0.2, 0.25) is 0 Å². The van der Waals surface area contributed by atoms with Gasteiger partial charge in [-0.3, -0.25) is 4.90 Å². The fraction of sp³-hybridized carbons (Fsp3) is 0.286. The Kier molecular flexibility index (Phi) is 6.67. The van der Waals surface area contributed by atoms with Crippen LogP contribution in [0.15, 0.2) is 137 Å². The Balaban J connectivity index is 1.33. The van der Waals surface area contributed by atoms with E-state index in [1.807, 2.05) is 0 Å². The fourth-order valence-electron chi connectivity index (χ4n) is 8.96. The molecule has 4 unspecified atom stereocenters. The second-order valence-corrected chi connectivity index (χ2v) is 13.6. The van der Waals surface area contributed by atoms with Gasteiger partial charge in [-0.05, 0) is 97.2 Å². The summed E-state index contributed by atoms with van der Waals surface area (Å²) in [5, 5.41) is 13.1. The SMILES string of the molecule is CC1NC2=C(C=CCC2)N1c1cccc2c(C3CC=CC=C3C3=CCCC=C3)c3cccc([NH+]4C5=C(C=CCC5)NC4C)c3cc12. The largest absolute Gasteiger partial charge is 0.367 e. The molecule has 0 radical (unpaired) electrons. The molecule has 9 rings (SSSR count). The van der Waals surface area contributed by atoms with Crippen molar-refractivity contribution in [1.82, 2.24) is 10.6 Å². The zero-order valence-electron chi connectivity index (χ0n) is 26.9. The van der Waals surface area contributed by atoms with Gasteiger partial charge in [-0.15, -0.1) is 0 Å². The summed E-state index contributed by atoms with van der Waals surface area (Å²) in [4.78, 5) is 4.02. The molecule has 0 fully saturated rings. The van der Waals surface area contributed by atoms with E-state index in [0.29, 0.717) is 0 Å². The second-order valence-electron chi connectivity index (χ2n) is 13.6. The highest BCUT2D eigenvalue weighted by Crippen LogP contribution is 2.47. The quantitative estimate of drug-likeness (QED) is 0.261. The summed E-state index contributed by atoms with van der Waals surface area (Å²) in [6, 6.07) is 16.7. The Bertz CT molecular complexity index is 2030. The van der Waals surface area contributed by atoms with Gasteiger partial charge in [0, 0.05) is 41.8 Å². The lowest BCUT2D eigenvalue weighted by Crippen LogP contribution is -3.08. The highest BCUT2D eigenvalue weighted by Gasteiger charge is 2.37. The van der Waals surface area contributed by atoms with Crippen LogP contribution < -0.4 is 20.4 Å². The Morgan fingerprint density at radius 1 is 0.783 bits per heavy atom. The van der Waals surface area contributed by atoms with Crippen molar-refractivity contribution in [2.45, 2.75) is 77.0 Å². The van der Waals surface area contributed by atoms with E-state index in [9.17, 15) is 0 Å². The number of quaternary nitrogens is 1. The van der Waals surface area contributed by atoms with Gasteiger partial charge in [0.25, 0.3) is 0 Å². The first-order chi connectivity index (χ1) is 22.7. The maximum atomic E-state index is 3.82. The van der Waals surface area contributed by atoms with E-state index in [1.54, 1.807) is 0 Å². The summed E-state index contributed by atoms with van der Waals surface area (Å²) in [6.07, 6.45) is 31.6. The highest BCUT2D eigenvalue weighted by molar-refractivity contribution is 6.10. The lowest BCUT2D eigenvalue weighted by molar-refractivity contribution is -0.813. The molecule has 0 amide bonds. The van der Waals surface area contributed by atoms with Crippen molar-refractivity contribution in [2.75, 3.05) is 4.90 Å². The minimum atomic E-state index is 0.202. The van der Waals surface area contributed by atoms with E-state index in [-0.39, 0.29) is 18.2 Å². The number of hydrogen-bond acceptors (Lipinski definition) is 3. The van der Waals surface area contributed by atoms with Crippen LogP contribution in [0.25, 0.3) is 21.5 Å². The van der Waals surface area contributed by atoms with Crippen molar-refractivity contribution < 1.29 is 4.90 Å². The molecule has 3 aromatic rings. The summed E-state index contributed by atoms with van der Waals surface area (Å²) in [5.41, 5.74) is 12.5. The van der Waals surface area contributed by atoms with E-state index in [4.69, 9.17) is 0 Å². The number of nitrogens with one attached hydrogen (secondary N) is 3. The molecule has 2 heterocycles. The fourth-order valence-corrected chi connectivity index (χ4v) is 8.96. The summed E-state index contributed by atoms with van der Waals surface area (Å²) in [7, 11) is 0. The first-order valence-corrected chi connectivity index (χ1v) is 17.4. The summed E-state index contributed by atoms with van der Waals surface area (Å²) in [5.74, 6) is 0.283. The standard InChI is InChI=1S/C42H42N4/c1-27-43-36-20-8-10-22-40(36)45(27)38-24-12-18-32-34(38)26-35-33(42(32)31-17-7-6-16-30(31)29-14-4-3-5-15-29)19-13-25-39(35)46-28(2)44-37-21-9-11-23-41(37)46/h4,6-8,11-16,18-20,23-28,31,43-44H,3,5,9-10,17,21-22H2,1-2H3/p+1.